The first kappa shape index (κ1) is 19.7. The van der Waals surface area contributed by atoms with Gasteiger partial charge in [-0.15, -0.1) is 0 Å². The monoisotopic (exact) mass is 388 g/mol. The minimum atomic E-state index is -5.55. The van der Waals surface area contributed by atoms with E-state index in [1.54, 1.807) is 0 Å². The fraction of sp³-hybridized carbons (Fsp3) is 0.200. The lowest BCUT2D eigenvalue weighted by Gasteiger charge is -2.22. The molecular formula is C15H9F9N2. The number of hydrogen-bond donors (Lipinski definition) is 2. The lowest BCUT2D eigenvalue weighted by atomic mass is 9.91. The van der Waals surface area contributed by atoms with E-state index < -0.39 is 57.7 Å². The van der Waals surface area contributed by atoms with E-state index in [2.05, 4.69) is 0 Å². The van der Waals surface area contributed by atoms with E-state index in [1.165, 1.54) is 0 Å². The van der Waals surface area contributed by atoms with Crippen LogP contribution in [0, 0.1) is 0 Å². The highest BCUT2D eigenvalue weighted by atomic mass is 19.4. The molecule has 2 aromatic carbocycles. The van der Waals surface area contributed by atoms with Crippen LogP contribution in [-0.4, -0.2) is 0 Å². The minimum absolute atomic E-state index is 0.306. The Morgan fingerprint density at radius 2 is 1.19 bits per heavy atom. The molecule has 0 bridgehead atoms. The maximum atomic E-state index is 13.4. The van der Waals surface area contributed by atoms with Crippen molar-refractivity contribution in [3.63, 3.8) is 0 Å². The molecule has 0 radical (unpaired) electrons. The van der Waals surface area contributed by atoms with Gasteiger partial charge >= 0.3 is 18.5 Å². The van der Waals surface area contributed by atoms with Crippen LogP contribution in [0.15, 0.2) is 30.3 Å². The number of halogens is 9. The number of anilines is 2. The molecule has 2 nitrogen and oxygen atoms in total. The molecule has 2 aromatic rings. The molecule has 0 atom stereocenters. The van der Waals surface area contributed by atoms with Crippen LogP contribution in [0.1, 0.15) is 16.7 Å². The molecule has 2 rings (SSSR count). The van der Waals surface area contributed by atoms with E-state index in [4.69, 9.17) is 11.5 Å². The van der Waals surface area contributed by atoms with Crippen molar-refractivity contribution in [2.45, 2.75) is 18.5 Å². The van der Waals surface area contributed by atoms with Crippen molar-refractivity contribution in [3.05, 3.63) is 47.0 Å². The summed E-state index contributed by atoms with van der Waals surface area (Å²) in [5, 5.41) is 0. The van der Waals surface area contributed by atoms with E-state index in [0.29, 0.717) is 18.2 Å². The Hall–Kier alpha value is -2.59. The van der Waals surface area contributed by atoms with E-state index >= 15 is 0 Å². The van der Waals surface area contributed by atoms with Crippen molar-refractivity contribution in [1.29, 1.82) is 0 Å². The van der Waals surface area contributed by atoms with Crippen molar-refractivity contribution in [2.75, 3.05) is 11.5 Å². The van der Waals surface area contributed by atoms with E-state index in [9.17, 15) is 39.5 Å². The molecular weight excluding hydrogens is 379 g/mol. The zero-order chi connectivity index (χ0) is 20.1. The van der Waals surface area contributed by atoms with Gasteiger partial charge < -0.3 is 11.5 Å². The molecule has 0 aliphatic rings. The number of benzene rings is 2. The topological polar surface area (TPSA) is 52.0 Å². The maximum Gasteiger partial charge on any atom is 0.419 e. The predicted molar refractivity (Wildman–Crippen MR) is 75.7 cm³/mol. The molecule has 0 fully saturated rings. The maximum absolute atomic E-state index is 13.4. The van der Waals surface area contributed by atoms with Gasteiger partial charge in [0.25, 0.3) is 0 Å². The summed E-state index contributed by atoms with van der Waals surface area (Å²) in [5.41, 5.74) is 0.536. The van der Waals surface area contributed by atoms with Gasteiger partial charge in [-0.05, 0) is 29.3 Å². The fourth-order valence-corrected chi connectivity index (χ4v) is 2.40. The van der Waals surface area contributed by atoms with Gasteiger partial charge in [-0.3, -0.25) is 0 Å². The second kappa shape index (κ2) is 5.99. The summed E-state index contributed by atoms with van der Waals surface area (Å²) in [7, 11) is 0. The standard InChI is InChI=1S/C15H9F9N2/c16-13(17,18)7-3-1-2-6(4-7)8-5-9(25)12(26)11(15(22,23)24)10(8)14(19,20)21/h1-5H,25-26H2. The third-order valence-corrected chi connectivity index (χ3v) is 3.47. The molecule has 142 valence electrons. The van der Waals surface area contributed by atoms with Gasteiger partial charge in [-0.2, -0.15) is 39.5 Å². The summed E-state index contributed by atoms with van der Waals surface area (Å²) in [6.45, 7) is 0. The van der Waals surface area contributed by atoms with Crippen molar-refractivity contribution >= 4 is 11.4 Å². The predicted octanol–water partition coefficient (Wildman–Crippen LogP) is 5.57. The Labute approximate surface area is 140 Å². The first-order valence-electron chi connectivity index (χ1n) is 6.68. The fourth-order valence-electron chi connectivity index (χ4n) is 2.40. The number of rotatable bonds is 1. The Balaban J connectivity index is 2.93. The summed E-state index contributed by atoms with van der Waals surface area (Å²) in [6.07, 6.45) is -16.0. The van der Waals surface area contributed by atoms with Gasteiger partial charge in [0.05, 0.1) is 28.1 Å². The van der Waals surface area contributed by atoms with Crippen LogP contribution >= 0.6 is 0 Å². The summed E-state index contributed by atoms with van der Waals surface area (Å²) in [5.74, 6) is 0. The van der Waals surface area contributed by atoms with E-state index in [-0.39, 0.29) is 0 Å². The SMILES string of the molecule is Nc1cc(-c2cccc(C(F)(F)F)c2)c(C(F)(F)F)c(C(F)(F)F)c1N. The van der Waals surface area contributed by atoms with Gasteiger partial charge in [0.15, 0.2) is 0 Å². The van der Waals surface area contributed by atoms with Crippen LogP contribution < -0.4 is 11.5 Å². The van der Waals surface area contributed by atoms with E-state index in [0.717, 1.165) is 12.1 Å². The summed E-state index contributed by atoms with van der Waals surface area (Å²) in [6, 6.07) is 2.94. The summed E-state index contributed by atoms with van der Waals surface area (Å²) < 4.78 is 118. The first-order chi connectivity index (χ1) is 11.6. The minimum Gasteiger partial charge on any atom is -0.397 e. The lowest BCUT2D eigenvalue weighted by Crippen LogP contribution is -2.21. The van der Waals surface area contributed by atoms with Crippen LogP contribution in [0.25, 0.3) is 11.1 Å². The lowest BCUT2D eigenvalue weighted by molar-refractivity contribution is -0.161. The number of alkyl halides is 9. The number of nitrogens with two attached hydrogens (primary N) is 2. The van der Waals surface area contributed by atoms with Gasteiger partial charge in [-0.25, -0.2) is 0 Å². The zero-order valence-corrected chi connectivity index (χ0v) is 12.4. The van der Waals surface area contributed by atoms with Crippen LogP contribution in [0.4, 0.5) is 50.9 Å². The Bertz CT molecular complexity index is 833. The highest BCUT2D eigenvalue weighted by Crippen LogP contribution is 2.49. The average Bonchev–Trinajstić information content (AvgIpc) is 2.46. The molecule has 0 aromatic heterocycles. The number of hydrogen-bond acceptors (Lipinski definition) is 2. The third-order valence-electron chi connectivity index (χ3n) is 3.47. The molecule has 0 saturated carbocycles. The molecule has 0 saturated heterocycles. The van der Waals surface area contributed by atoms with Gasteiger partial charge in [0.1, 0.15) is 0 Å². The largest absolute Gasteiger partial charge is 0.419 e. The van der Waals surface area contributed by atoms with Crippen LogP contribution in [0.2, 0.25) is 0 Å². The van der Waals surface area contributed by atoms with Crippen molar-refractivity contribution in [2.24, 2.45) is 0 Å². The highest BCUT2D eigenvalue weighted by molar-refractivity contribution is 5.82. The van der Waals surface area contributed by atoms with Crippen molar-refractivity contribution in [3.8, 4) is 11.1 Å². The Morgan fingerprint density at radius 3 is 1.65 bits per heavy atom. The quantitative estimate of drug-likeness (QED) is 0.495. The third kappa shape index (κ3) is 3.65. The first-order valence-corrected chi connectivity index (χ1v) is 6.68. The molecule has 0 unspecified atom stereocenters. The van der Waals surface area contributed by atoms with E-state index in [1.807, 2.05) is 0 Å². The summed E-state index contributed by atoms with van der Waals surface area (Å²) >= 11 is 0. The van der Waals surface area contributed by atoms with Crippen molar-refractivity contribution in [1.82, 2.24) is 0 Å². The van der Waals surface area contributed by atoms with Crippen LogP contribution in [0.5, 0.6) is 0 Å². The second-order valence-corrected chi connectivity index (χ2v) is 5.25. The van der Waals surface area contributed by atoms with Crippen LogP contribution in [-0.2, 0) is 18.5 Å². The molecule has 0 heterocycles. The Morgan fingerprint density at radius 1 is 0.654 bits per heavy atom. The molecule has 11 heteroatoms. The average molecular weight is 388 g/mol. The normalized spacial score (nSPS) is 13.1. The molecule has 4 N–H and O–H groups in total. The smallest absolute Gasteiger partial charge is 0.397 e. The van der Waals surface area contributed by atoms with Gasteiger partial charge in [0.2, 0.25) is 0 Å². The highest BCUT2D eigenvalue weighted by Gasteiger charge is 2.47. The molecule has 26 heavy (non-hydrogen) atoms. The molecule has 0 amide bonds. The van der Waals surface area contributed by atoms with Gasteiger partial charge in [0, 0.05) is 0 Å². The molecule has 0 aliphatic carbocycles. The van der Waals surface area contributed by atoms with Crippen molar-refractivity contribution < 1.29 is 39.5 Å². The van der Waals surface area contributed by atoms with Gasteiger partial charge in [-0.1, -0.05) is 12.1 Å². The zero-order valence-electron chi connectivity index (χ0n) is 12.4. The Kier molecular flexibility index (Phi) is 4.55. The van der Waals surface area contributed by atoms with Crippen LogP contribution in [0.3, 0.4) is 0 Å². The second-order valence-electron chi connectivity index (χ2n) is 5.25. The summed E-state index contributed by atoms with van der Waals surface area (Å²) in [4.78, 5) is 0. The molecule has 0 aliphatic heterocycles. The molecule has 0 spiro atoms. The number of nitrogen functional groups attached to an aromatic ring is 2.